The lowest BCUT2D eigenvalue weighted by Crippen LogP contribution is -2.26. The van der Waals surface area contributed by atoms with E-state index in [1.165, 1.54) is 23.5 Å². The number of aromatic nitrogens is 2. The molecule has 0 saturated heterocycles. The van der Waals surface area contributed by atoms with Crippen LogP contribution in [0.25, 0.3) is 0 Å². The van der Waals surface area contributed by atoms with Crippen molar-refractivity contribution in [2.45, 2.75) is 63.3 Å². The first-order valence-electron chi connectivity index (χ1n) is 9.16. The van der Waals surface area contributed by atoms with Gasteiger partial charge < -0.3 is 0 Å². The molecule has 9 heteroatoms. The van der Waals surface area contributed by atoms with Crippen LogP contribution >= 0.6 is 11.3 Å². The molecule has 0 unspecified atom stereocenters. The Morgan fingerprint density at radius 1 is 1.26 bits per heavy atom. The van der Waals surface area contributed by atoms with Crippen LogP contribution in [0.1, 0.15) is 60.0 Å². The minimum absolute atomic E-state index is 0.0149. The second-order valence-electron chi connectivity index (χ2n) is 6.78. The highest BCUT2D eigenvalue weighted by atomic mass is 32.2. The lowest BCUT2D eigenvalue weighted by Gasteiger charge is -2.10. The summed E-state index contributed by atoms with van der Waals surface area (Å²) in [7, 11) is -3.61. The second kappa shape index (κ2) is 8.45. The van der Waals surface area contributed by atoms with E-state index in [1.54, 1.807) is 13.0 Å². The molecule has 1 aromatic heterocycles. The SMILES string of the molecule is CCCCCc1nnc(NC(=O)c2cc(S(=O)(=O)NC3CC3)ccc2C)s1. The molecule has 3 rings (SSSR count). The standard InChI is InChI=1S/C18H24N4O3S2/c1-3-4-5-6-16-20-21-18(26-16)19-17(23)15-11-14(10-7-12(15)2)27(24,25)22-13-8-9-13/h7,10-11,13,22H,3-6,8-9H2,1-2H3,(H,19,21,23). The van der Waals surface area contributed by atoms with E-state index in [0.29, 0.717) is 16.3 Å². The fourth-order valence-electron chi connectivity index (χ4n) is 2.60. The molecule has 0 atom stereocenters. The summed E-state index contributed by atoms with van der Waals surface area (Å²) >= 11 is 1.35. The molecule has 0 radical (unpaired) electrons. The lowest BCUT2D eigenvalue weighted by molar-refractivity contribution is 0.102. The van der Waals surface area contributed by atoms with Gasteiger partial charge in [-0.3, -0.25) is 10.1 Å². The summed E-state index contributed by atoms with van der Waals surface area (Å²) in [5.74, 6) is -0.382. The lowest BCUT2D eigenvalue weighted by atomic mass is 10.1. The number of hydrogen-bond donors (Lipinski definition) is 2. The number of anilines is 1. The van der Waals surface area contributed by atoms with E-state index < -0.39 is 10.0 Å². The largest absolute Gasteiger partial charge is 0.296 e. The molecule has 2 N–H and O–H groups in total. The minimum atomic E-state index is -3.61. The third-order valence-electron chi connectivity index (χ3n) is 4.34. The van der Waals surface area contributed by atoms with Gasteiger partial charge in [0.25, 0.3) is 5.91 Å². The first kappa shape index (κ1) is 19.9. The van der Waals surface area contributed by atoms with Crippen molar-refractivity contribution in [1.29, 1.82) is 0 Å². The van der Waals surface area contributed by atoms with E-state index in [4.69, 9.17) is 0 Å². The molecule has 146 valence electrons. The second-order valence-corrected chi connectivity index (χ2v) is 9.56. The molecule has 0 aliphatic heterocycles. The van der Waals surface area contributed by atoms with Crippen molar-refractivity contribution >= 4 is 32.4 Å². The van der Waals surface area contributed by atoms with Gasteiger partial charge in [-0.1, -0.05) is 37.2 Å². The molecule has 1 aromatic carbocycles. The van der Waals surface area contributed by atoms with Gasteiger partial charge in [-0.2, -0.15) is 0 Å². The highest BCUT2D eigenvalue weighted by Gasteiger charge is 2.28. The van der Waals surface area contributed by atoms with E-state index in [9.17, 15) is 13.2 Å². The molecule has 1 fully saturated rings. The highest BCUT2D eigenvalue weighted by molar-refractivity contribution is 7.89. The van der Waals surface area contributed by atoms with Crippen LogP contribution in [0.2, 0.25) is 0 Å². The number of aryl methyl sites for hydroxylation is 2. The Labute approximate surface area is 163 Å². The summed E-state index contributed by atoms with van der Waals surface area (Å²) in [4.78, 5) is 12.7. The Balaban J connectivity index is 1.71. The van der Waals surface area contributed by atoms with Gasteiger partial charge in [-0.05, 0) is 43.9 Å². The zero-order chi connectivity index (χ0) is 19.4. The molecule has 1 aliphatic carbocycles. The molecular formula is C18H24N4O3S2. The van der Waals surface area contributed by atoms with Crippen LogP contribution in [0.5, 0.6) is 0 Å². The first-order valence-corrected chi connectivity index (χ1v) is 11.5. The van der Waals surface area contributed by atoms with E-state index in [1.807, 2.05) is 0 Å². The van der Waals surface area contributed by atoms with Crippen molar-refractivity contribution in [3.05, 3.63) is 34.3 Å². The Bertz CT molecular complexity index is 920. The minimum Gasteiger partial charge on any atom is -0.296 e. The smallest absolute Gasteiger partial charge is 0.257 e. The van der Waals surface area contributed by atoms with E-state index >= 15 is 0 Å². The molecule has 7 nitrogen and oxygen atoms in total. The maximum absolute atomic E-state index is 12.6. The average molecular weight is 409 g/mol. The summed E-state index contributed by atoms with van der Waals surface area (Å²) in [6, 6.07) is 4.60. The number of carbonyl (C=O) groups is 1. The van der Waals surface area contributed by atoms with Crippen LogP contribution in [0.3, 0.4) is 0 Å². The van der Waals surface area contributed by atoms with E-state index in [-0.39, 0.29) is 16.8 Å². The van der Waals surface area contributed by atoms with Gasteiger partial charge in [0.2, 0.25) is 15.2 Å². The van der Waals surface area contributed by atoms with Gasteiger partial charge in [0.1, 0.15) is 5.01 Å². The molecule has 1 amide bonds. The zero-order valence-corrected chi connectivity index (χ0v) is 17.1. The van der Waals surface area contributed by atoms with Crippen molar-refractivity contribution in [3.63, 3.8) is 0 Å². The van der Waals surface area contributed by atoms with Crippen molar-refractivity contribution in [1.82, 2.24) is 14.9 Å². The Kier molecular flexibility index (Phi) is 6.23. The maximum atomic E-state index is 12.6. The number of benzene rings is 1. The number of rotatable bonds is 9. The van der Waals surface area contributed by atoms with Crippen LogP contribution in [-0.2, 0) is 16.4 Å². The summed E-state index contributed by atoms with van der Waals surface area (Å²) in [6.07, 6.45) is 5.88. The maximum Gasteiger partial charge on any atom is 0.257 e. The molecule has 2 aromatic rings. The van der Waals surface area contributed by atoms with E-state index in [0.717, 1.165) is 43.5 Å². The monoisotopic (exact) mass is 408 g/mol. The summed E-state index contributed by atoms with van der Waals surface area (Å²) in [5.41, 5.74) is 1.02. The number of hydrogen-bond acceptors (Lipinski definition) is 6. The first-order chi connectivity index (χ1) is 12.9. The zero-order valence-electron chi connectivity index (χ0n) is 15.5. The van der Waals surface area contributed by atoms with Crippen molar-refractivity contribution in [2.24, 2.45) is 0 Å². The highest BCUT2D eigenvalue weighted by Crippen LogP contribution is 2.24. The summed E-state index contributed by atoms with van der Waals surface area (Å²) < 4.78 is 27.4. The number of amides is 1. The van der Waals surface area contributed by atoms with Gasteiger partial charge in [0, 0.05) is 18.0 Å². The van der Waals surface area contributed by atoms with Crippen molar-refractivity contribution < 1.29 is 13.2 Å². The number of unbranched alkanes of at least 4 members (excludes halogenated alkanes) is 2. The fraction of sp³-hybridized carbons (Fsp3) is 0.500. The van der Waals surface area contributed by atoms with Gasteiger partial charge in [-0.25, -0.2) is 13.1 Å². The number of nitrogens with zero attached hydrogens (tertiary/aromatic N) is 2. The number of carbonyl (C=O) groups excluding carboxylic acids is 1. The Morgan fingerprint density at radius 2 is 2.04 bits per heavy atom. The topological polar surface area (TPSA) is 101 Å². The van der Waals surface area contributed by atoms with Crippen molar-refractivity contribution in [3.8, 4) is 0 Å². The molecular weight excluding hydrogens is 384 g/mol. The van der Waals surface area contributed by atoms with Gasteiger partial charge >= 0.3 is 0 Å². The van der Waals surface area contributed by atoms with Crippen LogP contribution in [-0.4, -0.2) is 30.6 Å². The van der Waals surface area contributed by atoms with E-state index in [2.05, 4.69) is 27.2 Å². The predicted octanol–water partition coefficient (Wildman–Crippen LogP) is 3.27. The quantitative estimate of drug-likeness (QED) is 0.620. The van der Waals surface area contributed by atoms with Crippen LogP contribution in [0.15, 0.2) is 23.1 Å². The number of nitrogens with one attached hydrogen (secondary N) is 2. The molecule has 27 heavy (non-hydrogen) atoms. The summed E-state index contributed by atoms with van der Waals surface area (Å²) in [5, 5.41) is 12.2. The molecule has 1 saturated carbocycles. The third kappa shape index (κ3) is 5.33. The average Bonchev–Trinajstić information content (AvgIpc) is 3.31. The van der Waals surface area contributed by atoms with Gasteiger partial charge in [0.05, 0.1) is 4.90 Å². The summed E-state index contributed by atoms with van der Waals surface area (Å²) in [6.45, 7) is 3.92. The number of sulfonamides is 1. The predicted molar refractivity (Wildman–Crippen MR) is 106 cm³/mol. The molecule has 1 heterocycles. The van der Waals surface area contributed by atoms with Crippen LogP contribution in [0, 0.1) is 6.92 Å². The third-order valence-corrected chi connectivity index (χ3v) is 6.76. The van der Waals surface area contributed by atoms with Gasteiger partial charge in [0.15, 0.2) is 0 Å². The molecule has 1 aliphatic rings. The Morgan fingerprint density at radius 3 is 2.74 bits per heavy atom. The normalized spacial score (nSPS) is 14.3. The van der Waals surface area contributed by atoms with Crippen LogP contribution in [0.4, 0.5) is 5.13 Å². The van der Waals surface area contributed by atoms with Gasteiger partial charge in [-0.15, -0.1) is 10.2 Å². The van der Waals surface area contributed by atoms with Crippen LogP contribution < -0.4 is 10.0 Å². The fourth-order valence-corrected chi connectivity index (χ4v) is 4.70. The molecule has 0 spiro atoms. The Hall–Kier alpha value is -1.84. The van der Waals surface area contributed by atoms with Crippen molar-refractivity contribution in [2.75, 3.05) is 5.32 Å². The molecule has 0 bridgehead atoms.